The molecule has 0 bridgehead atoms. The summed E-state index contributed by atoms with van der Waals surface area (Å²) >= 11 is 0. The van der Waals surface area contributed by atoms with E-state index in [1.54, 1.807) is 0 Å². The molecule has 2 aliphatic rings. The molecule has 0 unspecified atom stereocenters. The van der Waals surface area contributed by atoms with Gasteiger partial charge in [-0.05, 0) is 44.7 Å². The SMILES string of the molecule is CC(C)=CC1=C(N)C2(CCC2)c2cc(C)ccc21. The average Bonchev–Trinajstić information content (AvgIpc) is 2.47. The van der Waals surface area contributed by atoms with Gasteiger partial charge in [0.15, 0.2) is 0 Å². The van der Waals surface area contributed by atoms with Gasteiger partial charge >= 0.3 is 0 Å². The fourth-order valence-electron chi connectivity index (χ4n) is 3.35. The molecule has 1 saturated carbocycles. The van der Waals surface area contributed by atoms with Crippen LogP contribution in [0.1, 0.15) is 49.8 Å². The highest BCUT2D eigenvalue weighted by molar-refractivity contribution is 5.86. The molecule has 0 aromatic heterocycles. The zero-order chi connectivity index (χ0) is 12.9. The zero-order valence-electron chi connectivity index (χ0n) is 11.5. The van der Waals surface area contributed by atoms with Gasteiger partial charge < -0.3 is 5.73 Å². The summed E-state index contributed by atoms with van der Waals surface area (Å²) in [5, 5.41) is 0. The van der Waals surface area contributed by atoms with Crippen molar-refractivity contribution in [3.63, 3.8) is 0 Å². The first-order chi connectivity index (χ1) is 8.54. The lowest BCUT2D eigenvalue weighted by Crippen LogP contribution is -2.37. The lowest BCUT2D eigenvalue weighted by Gasteiger charge is -2.40. The summed E-state index contributed by atoms with van der Waals surface area (Å²) in [6, 6.07) is 6.79. The van der Waals surface area contributed by atoms with E-state index in [0.29, 0.717) is 0 Å². The number of hydrogen-bond donors (Lipinski definition) is 1. The van der Waals surface area contributed by atoms with Crippen molar-refractivity contribution in [1.82, 2.24) is 0 Å². The lowest BCUT2D eigenvalue weighted by molar-refractivity contribution is 0.298. The second-order valence-corrected chi connectivity index (χ2v) is 6.03. The fourth-order valence-corrected chi connectivity index (χ4v) is 3.35. The molecule has 0 amide bonds. The Hall–Kier alpha value is -1.50. The number of rotatable bonds is 1. The summed E-state index contributed by atoms with van der Waals surface area (Å²) in [5.41, 5.74) is 14.5. The molecule has 3 rings (SSSR count). The Morgan fingerprint density at radius 1 is 1.28 bits per heavy atom. The minimum Gasteiger partial charge on any atom is -0.401 e. The van der Waals surface area contributed by atoms with Crippen LogP contribution < -0.4 is 5.73 Å². The molecular weight excluding hydrogens is 218 g/mol. The molecule has 1 aromatic carbocycles. The second-order valence-electron chi connectivity index (χ2n) is 6.03. The number of aryl methyl sites for hydroxylation is 1. The Morgan fingerprint density at radius 2 is 2.00 bits per heavy atom. The van der Waals surface area contributed by atoms with Crippen LogP contribution in [0, 0.1) is 6.92 Å². The molecule has 0 aliphatic heterocycles. The third-order valence-electron chi connectivity index (χ3n) is 4.43. The molecule has 18 heavy (non-hydrogen) atoms. The molecule has 0 saturated heterocycles. The third-order valence-corrected chi connectivity index (χ3v) is 4.43. The number of fused-ring (bicyclic) bond motifs is 2. The molecule has 1 nitrogen and oxygen atoms in total. The van der Waals surface area contributed by atoms with Crippen LogP contribution in [0.5, 0.6) is 0 Å². The monoisotopic (exact) mass is 239 g/mol. The van der Waals surface area contributed by atoms with Crippen molar-refractivity contribution < 1.29 is 0 Å². The minimum absolute atomic E-state index is 0.169. The van der Waals surface area contributed by atoms with E-state index in [9.17, 15) is 0 Å². The molecule has 1 spiro atoms. The Balaban J connectivity index is 2.24. The molecule has 0 radical (unpaired) electrons. The van der Waals surface area contributed by atoms with E-state index in [0.717, 1.165) is 5.70 Å². The lowest BCUT2D eigenvalue weighted by atomic mass is 9.64. The standard InChI is InChI=1S/C17H21N/c1-11(2)9-14-13-6-5-12(3)10-15(13)17(16(14)18)7-4-8-17/h5-6,9-10H,4,7-8,18H2,1-3H3. The summed E-state index contributed by atoms with van der Waals surface area (Å²) in [6.07, 6.45) is 5.98. The smallest absolute Gasteiger partial charge is 0.0360 e. The van der Waals surface area contributed by atoms with Crippen LogP contribution in [0.25, 0.3) is 5.57 Å². The average molecular weight is 239 g/mol. The molecule has 2 N–H and O–H groups in total. The molecule has 94 valence electrons. The van der Waals surface area contributed by atoms with E-state index in [1.807, 2.05) is 0 Å². The van der Waals surface area contributed by atoms with Crippen LogP contribution in [-0.4, -0.2) is 0 Å². The molecule has 1 heteroatoms. The van der Waals surface area contributed by atoms with E-state index < -0.39 is 0 Å². The van der Waals surface area contributed by atoms with Crippen LogP contribution >= 0.6 is 0 Å². The molecule has 0 heterocycles. The Kier molecular flexibility index (Phi) is 2.41. The normalized spacial score (nSPS) is 19.7. The van der Waals surface area contributed by atoms with Crippen LogP contribution in [0.3, 0.4) is 0 Å². The predicted molar refractivity (Wildman–Crippen MR) is 77.2 cm³/mol. The first-order valence-corrected chi connectivity index (χ1v) is 6.81. The van der Waals surface area contributed by atoms with Gasteiger partial charge in [-0.2, -0.15) is 0 Å². The maximum absolute atomic E-state index is 6.50. The van der Waals surface area contributed by atoms with Gasteiger partial charge in [0.05, 0.1) is 0 Å². The van der Waals surface area contributed by atoms with Gasteiger partial charge in [0.2, 0.25) is 0 Å². The first-order valence-electron chi connectivity index (χ1n) is 6.81. The van der Waals surface area contributed by atoms with Gasteiger partial charge in [0, 0.05) is 16.7 Å². The summed E-state index contributed by atoms with van der Waals surface area (Å²) in [6.45, 7) is 6.45. The number of allylic oxidation sites excluding steroid dienone is 4. The topological polar surface area (TPSA) is 26.0 Å². The quantitative estimate of drug-likeness (QED) is 0.785. The molecule has 1 aromatic rings. The minimum atomic E-state index is 0.169. The molecule has 1 fully saturated rings. The van der Waals surface area contributed by atoms with Gasteiger partial charge in [-0.15, -0.1) is 0 Å². The Morgan fingerprint density at radius 3 is 2.56 bits per heavy atom. The molecule has 0 atom stereocenters. The largest absolute Gasteiger partial charge is 0.401 e. The first kappa shape index (κ1) is 11.6. The Bertz CT molecular complexity index is 567. The van der Waals surface area contributed by atoms with Gasteiger partial charge in [-0.3, -0.25) is 0 Å². The van der Waals surface area contributed by atoms with Crippen molar-refractivity contribution in [3.05, 3.63) is 52.2 Å². The van der Waals surface area contributed by atoms with Crippen molar-refractivity contribution in [3.8, 4) is 0 Å². The van der Waals surface area contributed by atoms with Gasteiger partial charge in [0.25, 0.3) is 0 Å². The van der Waals surface area contributed by atoms with Crippen LogP contribution in [0.4, 0.5) is 0 Å². The maximum atomic E-state index is 6.50. The summed E-state index contributed by atoms with van der Waals surface area (Å²) in [4.78, 5) is 0. The van der Waals surface area contributed by atoms with Crippen molar-refractivity contribution >= 4 is 5.57 Å². The second kappa shape index (κ2) is 3.74. The van der Waals surface area contributed by atoms with E-state index in [1.165, 1.54) is 47.1 Å². The molecular formula is C17H21N. The van der Waals surface area contributed by atoms with Gasteiger partial charge in [0.1, 0.15) is 0 Å². The van der Waals surface area contributed by atoms with Crippen molar-refractivity contribution in [2.45, 2.75) is 45.4 Å². The highest BCUT2D eigenvalue weighted by Gasteiger charge is 2.47. The van der Waals surface area contributed by atoms with Crippen molar-refractivity contribution in [2.75, 3.05) is 0 Å². The maximum Gasteiger partial charge on any atom is 0.0360 e. The van der Waals surface area contributed by atoms with E-state index >= 15 is 0 Å². The van der Waals surface area contributed by atoms with E-state index in [4.69, 9.17) is 5.73 Å². The predicted octanol–water partition coefficient (Wildman–Crippen LogP) is 4.07. The number of nitrogens with two attached hydrogens (primary N) is 1. The highest BCUT2D eigenvalue weighted by Crippen LogP contribution is 2.56. The van der Waals surface area contributed by atoms with Crippen LogP contribution in [0.15, 0.2) is 35.5 Å². The molecule has 2 aliphatic carbocycles. The van der Waals surface area contributed by atoms with Gasteiger partial charge in [-0.25, -0.2) is 0 Å². The number of benzene rings is 1. The van der Waals surface area contributed by atoms with E-state index in [2.05, 4.69) is 45.0 Å². The van der Waals surface area contributed by atoms with E-state index in [-0.39, 0.29) is 5.41 Å². The fraction of sp³-hybridized carbons (Fsp3) is 0.412. The zero-order valence-corrected chi connectivity index (χ0v) is 11.5. The van der Waals surface area contributed by atoms with Crippen molar-refractivity contribution in [2.24, 2.45) is 5.73 Å². The van der Waals surface area contributed by atoms with Crippen LogP contribution in [-0.2, 0) is 5.41 Å². The Labute approximate surface area is 109 Å². The van der Waals surface area contributed by atoms with Gasteiger partial charge in [-0.1, -0.05) is 41.8 Å². The summed E-state index contributed by atoms with van der Waals surface area (Å²) in [5.74, 6) is 0. The highest BCUT2D eigenvalue weighted by atomic mass is 14.7. The number of hydrogen-bond acceptors (Lipinski definition) is 1. The summed E-state index contributed by atoms with van der Waals surface area (Å²) in [7, 11) is 0. The van der Waals surface area contributed by atoms with Crippen LogP contribution in [0.2, 0.25) is 0 Å². The third kappa shape index (κ3) is 1.40. The van der Waals surface area contributed by atoms with Crippen molar-refractivity contribution in [1.29, 1.82) is 0 Å². The summed E-state index contributed by atoms with van der Waals surface area (Å²) < 4.78 is 0.